The van der Waals surface area contributed by atoms with Crippen molar-refractivity contribution >= 4 is 29.9 Å². The maximum Gasteiger partial charge on any atom is 0.251 e. The summed E-state index contributed by atoms with van der Waals surface area (Å²) in [6.45, 7) is 1.93. The van der Waals surface area contributed by atoms with Crippen molar-refractivity contribution in [2.24, 2.45) is 11.7 Å². The van der Waals surface area contributed by atoms with Gasteiger partial charge in [-0.05, 0) is 62.8 Å². The highest BCUT2D eigenvalue weighted by Gasteiger charge is 2.25. The highest BCUT2D eigenvalue weighted by molar-refractivity contribution is 5.97. The van der Waals surface area contributed by atoms with Crippen LogP contribution >= 0.6 is 12.4 Å². The van der Waals surface area contributed by atoms with Gasteiger partial charge in [0, 0.05) is 29.3 Å². The van der Waals surface area contributed by atoms with Crippen LogP contribution in [-0.4, -0.2) is 23.9 Å². The predicted octanol–water partition coefficient (Wildman–Crippen LogP) is 3.55. The van der Waals surface area contributed by atoms with Gasteiger partial charge in [0.1, 0.15) is 0 Å². The molecule has 3 rings (SSSR count). The van der Waals surface area contributed by atoms with Crippen LogP contribution in [0, 0.1) is 12.8 Å². The second kappa shape index (κ2) is 9.38. The highest BCUT2D eigenvalue weighted by Crippen LogP contribution is 2.26. The summed E-state index contributed by atoms with van der Waals surface area (Å²) >= 11 is 0. The van der Waals surface area contributed by atoms with E-state index >= 15 is 0 Å². The molecule has 4 N–H and O–H groups in total. The maximum absolute atomic E-state index is 12.5. The number of benzene rings is 1. The predicted molar refractivity (Wildman–Crippen MR) is 107 cm³/mol. The number of hydrogen-bond donors (Lipinski definition) is 3. The molecular formula is C20H30ClN3O2. The van der Waals surface area contributed by atoms with Gasteiger partial charge in [0.2, 0.25) is 5.91 Å². The first-order chi connectivity index (χ1) is 12.0. The summed E-state index contributed by atoms with van der Waals surface area (Å²) in [7, 11) is 0. The molecule has 0 radical (unpaired) electrons. The molecule has 0 bridgehead atoms. The minimum absolute atomic E-state index is 0. The summed E-state index contributed by atoms with van der Waals surface area (Å²) in [6.07, 6.45) is 8.21. The molecule has 6 heteroatoms. The number of nitrogens with two attached hydrogens (primary N) is 1. The van der Waals surface area contributed by atoms with Gasteiger partial charge in [-0.15, -0.1) is 12.4 Å². The monoisotopic (exact) mass is 379 g/mol. The molecule has 2 aliphatic carbocycles. The topological polar surface area (TPSA) is 84.2 Å². The maximum atomic E-state index is 12.5. The van der Waals surface area contributed by atoms with Gasteiger partial charge in [-0.2, -0.15) is 0 Å². The average Bonchev–Trinajstić information content (AvgIpc) is 3.09. The lowest BCUT2D eigenvalue weighted by atomic mass is 9.85. The third-order valence-electron chi connectivity index (χ3n) is 5.52. The highest BCUT2D eigenvalue weighted by atomic mass is 35.5. The first-order valence-corrected chi connectivity index (χ1v) is 9.51. The van der Waals surface area contributed by atoms with Crippen LogP contribution in [0.15, 0.2) is 18.2 Å². The quantitative estimate of drug-likeness (QED) is 0.747. The number of anilines is 1. The molecule has 2 unspecified atom stereocenters. The van der Waals surface area contributed by atoms with Gasteiger partial charge >= 0.3 is 0 Å². The molecule has 0 spiro atoms. The van der Waals surface area contributed by atoms with Crippen LogP contribution in [0.4, 0.5) is 5.69 Å². The Morgan fingerprint density at radius 3 is 2.46 bits per heavy atom. The van der Waals surface area contributed by atoms with Gasteiger partial charge in [0.25, 0.3) is 5.91 Å². The molecule has 144 valence electrons. The van der Waals surface area contributed by atoms with Gasteiger partial charge in [-0.3, -0.25) is 9.59 Å². The van der Waals surface area contributed by atoms with Crippen LogP contribution in [0.3, 0.4) is 0 Å². The van der Waals surface area contributed by atoms with Gasteiger partial charge in [-0.25, -0.2) is 0 Å². The Bertz CT molecular complexity index is 644. The minimum Gasteiger partial charge on any atom is -0.349 e. The van der Waals surface area contributed by atoms with Crippen molar-refractivity contribution in [2.75, 3.05) is 5.32 Å². The summed E-state index contributed by atoms with van der Waals surface area (Å²) in [5.41, 5.74) is 8.33. The number of carbonyl (C=O) groups excluding carboxylic acids is 2. The van der Waals surface area contributed by atoms with Gasteiger partial charge in [0.15, 0.2) is 0 Å². The lowest BCUT2D eigenvalue weighted by Crippen LogP contribution is -2.34. The van der Waals surface area contributed by atoms with Crippen molar-refractivity contribution in [2.45, 2.75) is 70.4 Å². The molecule has 26 heavy (non-hydrogen) atoms. The molecular weight excluding hydrogens is 350 g/mol. The van der Waals surface area contributed by atoms with E-state index in [1.54, 1.807) is 6.07 Å². The van der Waals surface area contributed by atoms with Crippen molar-refractivity contribution < 1.29 is 9.59 Å². The zero-order valence-electron chi connectivity index (χ0n) is 15.4. The van der Waals surface area contributed by atoms with Crippen molar-refractivity contribution in [1.82, 2.24) is 5.32 Å². The van der Waals surface area contributed by atoms with Crippen LogP contribution in [0.5, 0.6) is 0 Å². The molecule has 2 atom stereocenters. The van der Waals surface area contributed by atoms with Crippen molar-refractivity contribution in [1.29, 1.82) is 0 Å². The summed E-state index contributed by atoms with van der Waals surface area (Å²) in [4.78, 5) is 24.8. The SMILES string of the molecule is Cc1cc(C(=O)NC2CCCC2)ccc1NC(=O)C1CCCC(N)C1.Cl. The van der Waals surface area contributed by atoms with Gasteiger partial charge < -0.3 is 16.4 Å². The van der Waals surface area contributed by atoms with Crippen molar-refractivity contribution in [3.8, 4) is 0 Å². The number of carbonyl (C=O) groups is 2. The molecule has 0 aliphatic heterocycles. The molecule has 0 saturated heterocycles. The van der Waals surface area contributed by atoms with Crippen molar-refractivity contribution in [3.63, 3.8) is 0 Å². The Kier molecular flexibility index (Phi) is 7.47. The van der Waals surface area contributed by atoms with E-state index < -0.39 is 0 Å². The number of rotatable bonds is 4. The fraction of sp³-hybridized carbons (Fsp3) is 0.600. The number of halogens is 1. The van der Waals surface area contributed by atoms with Crippen LogP contribution in [0.25, 0.3) is 0 Å². The van der Waals surface area contributed by atoms with E-state index in [0.717, 1.165) is 49.8 Å². The Labute approximate surface area is 161 Å². The zero-order chi connectivity index (χ0) is 17.8. The van der Waals surface area contributed by atoms with Gasteiger partial charge in [-0.1, -0.05) is 19.3 Å². The summed E-state index contributed by atoms with van der Waals surface area (Å²) in [5, 5.41) is 6.11. The number of amides is 2. The van der Waals surface area contributed by atoms with Crippen molar-refractivity contribution in [3.05, 3.63) is 29.3 Å². The van der Waals surface area contributed by atoms with Crippen LogP contribution in [0.1, 0.15) is 67.3 Å². The van der Waals surface area contributed by atoms with Crippen LogP contribution in [-0.2, 0) is 4.79 Å². The lowest BCUT2D eigenvalue weighted by Gasteiger charge is -2.26. The summed E-state index contributed by atoms with van der Waals surface area (Å²) in [6, 6.07) is 5.92. The average molecular weight is 380 g/mol. The van der Waals surface area contributed by atoms with E-state index in [-0.39, 0.29) is 36.2 Å². The standard InChI is InChI=1S/C20H29N3O2.ClH/c1-13-11-15(19(24)22-17-7-2-3-8-17)9-10-18(13)23-20(25)14-5-4-6-16(21)12-14;/h9-11,14,16-17H,2-8,12,21H2,1H3,(H,22,24)(H,23,25);1H. The molecule has 2 fully saturated rings. The van der Waals surface area contributed by atoms with E-state index in [0.29, 0.717) is 11.6 Å². The van der Waals surface area contributed by atoms with E-state index in [4.69, 9.17) is 5.73 Å². The summed E-state index contributed by atoms with van der Waals surface area (Å²) in [5.74, 6) is 0.0148. The fourth-order valence-corrected chi connectivity index (χ4v) is 3.98. The zero-order valence-corrected chi connectivity index (χ0v) is 16.2. The number of nitrogens with one attached hydrogen (secondary N) is 2. The lowest BCUT2D eigenvalue weighted by molar-refractivity contribution is -0.120. The van der Waals surface area contributed by atoms with E-state index in [1.165, 1.54) is 12.8 Å². The van der Waals surface area contributed by atoms with Crippen LogP contribution in [0.2, 0.25) is 0 Å². The Balaban J connectivity index is 0.00000243. The smallest absolute Gasteiger partial charge is 0.251 e. The molecule has 1 aromatic rings. The number of aryl methyl sites for hydroxylation is 1. The first-order valence-electron chi connectivity index (χ1n) is 9.51. The number of hydrogen-bond acceptors (Lipinski definition) is 3. The second-order valence-corrected chi connectivity index (χ2v) is 7.60. The Hall–Kier alpha value is -1.59. The molecule has 2 saturated carbocycles. The normalized spacial score (nSPS) is 23.2. The first kappa shape index (κ1) is 20.7. The third-order valence-corrected chi connectivity index (χ3v) is 5.52. The molecule has 5 nitrogen and oxygen atoms in total. The molecule has 0 aromatic heterocycles. The third kappa shape index (κ3) is 5.21. The van der Waals surface area contributed by atoms with Gasteiger partial charge in [0.05, 0.1) is 0 Å². The summed E-state index contributed by atoms with van der Waals surface area (Å²) < 4.78 is 0. The van der Waals surface area contributed by atoms with Crippen LogP contribution < -0.4 is 16.4 Å². The molecule has 0 heterocycles. The Morgan fingerprint density at radius 1 is 1.08 bits per heavy atom. The molecule has 2 amide bonds. The van der Waals surface area contributed by atoms with E-state index in [1.807, 2.05) is 19.1 Å². The molecule has 1 aromatic carbocycles. The second-order valence-electron chi connectivity index (χ2n) is 7.60. The fourth-order valence-electron chi connectivity index (χ4n) is 3.98. The minimum atomic E-state index is -0.0221. The largest absolute Gasteiger partial charge is 0.349 e. The Morgan fingerprint density at radius 2 is 1.81 bits per heavy atom. The van der Waals surface area contributed by atoms with E-state index in [2.05, 4.69) is 10.6 Å². The molecule has 2 aliphatic rings. The van der Waals surface area contributed by atoms with E-state index in [9.17, 15) is 9.59 Å².